The van der Waals surface area contributed by atoms with Gasteiger partial charge in [-0.2, -0.15) is 0 Å². The number of carbonyl (C=O) groups is 3. The lowest BCUT2D eigenvalue weighted by Crippen LogP contribution is -2.46. The lowest BCUT2D eigenvalue weighted by molar-refractivity contribution is -0.140. The van der Waals surface area contributed by atoms with Gasteiger partial charge < -0.3 is 10.2 Å². The fourth-order valence-corrected chi connectivity index (χ4v) is 3.88. The first kappa shape index (κ1) is 19.1. The van der Waals surface area contributed by atoms with Crippen molar-refractivity contribution in [2.24, 2.45) is 0 Å². The summed E-state index contributed by atoms with van der Waals surface area (Å²) in [4.78, 5) is 46.0. The van der Waals surface area contributed by atoms with Gasteiger partial charge in [0.1, 0.15) is 12.1 Å². The van der Waals surface area contributed by atoms with Gasteiger partial charge in [-0.15, -0.1) is 0 Å². The lowest BCUT2D eigenvalue weighted by atomic mass is 9.92. The number of hydrogen-bond acceptors (Lipinski definition) is 4. The van der Waals surface area contributed by atoms with Gasteiger partial charge in [-0.25, -0.2) is 4.79 Å². The molecule has 2 unspecified atom stereocenters. The van der Waals surface area contributed by atoms with Crippen LogP contribution in [0.1, 0.15) is 44.0 Å². The minimum atomic E-state index is -1.17. The van der Waals surface area contributed by atoms with Crippen LogP contribution in [0, 0.1) is 0 Å². The Morgan fingerprint density at radius 2 is 1.90 bits per heavy atom. The quantitative estimate of drug-likeness (QED) is 0.766. The second-order valence-electron chi connectivity index (χ2n) is 7.78. The van der Waals surface area contributed by atoms with Crippen LogP contribution < -0.4 is 5.32 Å². The first-order valence-electron chi connectivity index (χ1n) is 9.83. The standard InChI is InChI=1S/C22H24N4O3/c1-15(18-10-6-7-13-23-18)26(17-11-12-17)19(27)14-25-20(28)22(2,24-21(25)29)16-8-4-3-5-9-16/h3-10,13,15,17H,11-12,14H2,1-2H3,(H,24,29). The third-order valence-electron chi connectivity index (χ3n) is 5.68. The summed E-state index contributed by atoms with van der Waals surface area (Å²) >= 11 is 0. The van der Waals surface area contributed by atoms with Gasteiger partial charge in [-0.3, -0.25) is 19.5 Å². The summed E-state index contributed by atoms with van der Waals surface area (Å²) in [7, 11) is 0. The van der Waals surface area contributed by atoms with E-state index in [0.717, 1.165) is 23.4 Å². The number of nitrogens with zero attached hydrogens (tertiary/aromatic N) is 3. The average Bonchev–Trinajstić information content (AvgIpc) is 3.54. The van der Waals surface area contributed by atoms with Gasteiger partial charge in [0.2, 0.25) is 5.91 Å². The second-order valence-corrected chi connectivity index (χ2v) is 7.78. The van der Waals surface area contributed by atoms with E-state index in [0.29, 0.717) is 5.56 Å². The number of benzene rings is 1. The van der Waals surface area contributed by atoms with E-state index in [9.17, 15) is 14.4 Å². The molecule has 2 heterocycles. The van der Waals surface area contributed by atoms with Gasteiger partial charge >= 0.3 is 6.03 Å². The summed E-state index contributed by atoms with van der Waals surface area (Å²) in [6.45, 7) is 3.32. The van der Waals surface area contributed by atoms with Crippen molar-refractivity contribution in [1.29, 1.82) is 0 Å². The highest BCUT2D eigenvalue weighted by Crippen LogP contribution is 2.35. The Kier molecular flexibility index (Phi) is 4.82. The van der Waals surface area contributed by atoms with Gasteiger partial charge in [-0.1, -0.05) is 36.4 Å². The van der Waals surface area contributed by atoms with Crippen molar-refractivity contribution in [1.82, 2.24) is 20.1 Å². The summed E-state index contributed by atoms with van der Waals surface area (Å²) in [5, 5.41) is 2.75. The highest BCUT2D eigenvalue weighted by Gasteiger charge is 2.50. The van der Waals surface area contributed by atoms with Crippen molar-refractivity contribution in [2.75, 3.05) is 6.54 Å². The van der Waals surface area contributed by atoms with Crippen molar-refractivity contribution in [3.05, 3.63) is 66.0 Å². The van der Waals surface area contributed by atoms with Crippen LogP contribution >= 0.6 is 0 Å². The van der Waals surface area contributed by atoms with Gasteiger partial charge in [0, 0.05) is 12.2 Å². The second kappa shape index (κ2) is 7.31. The monoisotopic (exact) mass is 392 g/mol. The number of pyridine rings is 1. The Bertz CT molecular complexity index is 930. The number of imide groups is 1. The molecule has 4 rings (SSSR count). The molecule has 2 atom stereocenters. The van der Waals surface area contributed by atoms with Crippen LogP contribution in [0.25, 0.3) is 0 Å². The molecule has 1 saturated heterocycles. The Morgan fingerprint density at radius 1 is 1.21 bits per heavy atom. The van der Waals surface area contributed by atoms with Gasteiger partial charge in [0.15, 0.2) is 0 Å². The van der Waals surface area contributed by atoms with E-state index in [1.165, 1.54) is 0 Å². The summed E-state index contributed by atoms with van der Waals surface area (Å²) in [6, 6.07) is 14.0. The number of amides is 4. The third-order valence-corrected chi connectivity index (χ3v) is 5.68. The molecular formula is C22H24N4O3. The van der Waals surface area contributed by atoms with E-state index < -0.39 is 17.5 Å². The van der Waals surface area contributed by atoms with E-state index in [1.54, 1.807) is 30.2 Å². The number of carbonyl (C=O) groups excluding carboxylic acids is 3. The lowest BCUT2D eigenvalue weighted by Gasteiger charge is -2.30. The maximum Gasteiger partial charge on any atom is 0.325 e. The zero-order chi connectivity index (χ0) is 20.6. The minimum absolute atomic E-state index is 0.126. The van der Waals surface area contributed by atoms with Crippen LogP contribution in [0.15, 0.2) is 54.7 Å². The molecule has 2 fully saturated rings. The highest BCUT2D eigenvalue weighted by molar-refractivity contribution is 6.09. The summed E-state index contributed by atoms with van der Waals surface area (Å²) < 4.78 is 0. The van der Waals surface area contributed by atoms with E-state index in [2.05, 4.69) is 10.3 Å². The molecule has 1 aromatic heterocycles. The van der Waals surface area contributed by atoms with Crippen LogP contribution in [0.4, 0.5) is 4.79 Å². The Balaban J connectivity index is 1.54. The molecule has 7 heteroatoms. The molecule has 2 aromatic rings. The molecule has 150 valence electrons. The maximum atomic E-state index is 13.2. The fraction of sp³-hybridized carbons (Fsp3) is 0.364. The van der Waals surface area contributed by atoms with Crippen LogP contribution in [-0.4, -0.2) is 45.2 Å². The smallest absolute Gasteiger partial charge is 0.325 e. The molecule has 0 spiro atoms. The van der Waals surface area contributed by atoms with Crippen LogP contribution in [-0.2, 0) is 15.1 Å². The number of aromatic nitrogens is 1. The van der Waals surface area contributed by atoms with E-state index in [1.807, 2.05) is 43.3 Å². The van der Waals surface area contributed by atoms with E-state index in [4.69, 9.17) is 0 Å². The molecule has 1 aliphatic heterocycles. The fourth-order valence-electron chi connectivity index (χ4n) is 3.88. The highest BCUT2D eigenvalue weighted by atomic mass is 16.2. The molecule has 1 aromatic carbocycles. The predicted molar refractivity (Wildman–Crippen MR) is 107 cm³/mol. The largest absolute Gasteiger partial charge is 0.330 e. The van der Waals surface area contributed by atoms with Gasteiger partial charge in [0.05, 0.1) is 11.7 Å². The number of urea groups is 1. The molecule has 0 bridgehead atoms. The molecule has 1 aliphatic carbocycles. The zero-order valence-electron chi connectivity index (χ0n) is 16.5. The predicted octanol–water partition coefficient (Wildman–Crippen LogP) is 2.60. The molecule has 1 N–H and O–H groups in total. The normalized spacial score (nSPS) is 22.3. The molecule has 4 amide bonds. The van der Waals surface area contributed by atoms with Crippen LogP contribution in [0.2, 0.25) is 0 Å². The molecule has 29 heavy (non-hydrogen) atoms. The average molecular weight is 392 g/mol. The van der Waals surface area contributed by atoms with Crippen LogP contribution in [0.3, 0.4) is 0 Å². The number of hydrogen-bond donors (Lipinski definition) is 1. The minimum Gasteiger partial charge on any atom is -0.330 e. The van der Waals surface area contributed by atoms with E-state index >= 15 is 0 Å². The maximum absolute atomic E-state index is 13.2. The molecule has 7 nitrogen and oxygen atoms in total. The van der Waals surface area contributed by atoms with Gasteiger partial charge in [0.25, 0.3) is 5.91 Å². The summed E-state index contributed by atoms with van der Waals surface area (Å²) in [5.74, 6) is -0.658. The number of nitrogens with one attached hydrogen (secondary N) is 1. The Hall–Kier alpha value is -3.22. The topological polar surface area (TPSA) is 82.6 Å². The van der Waals surface area contributed by atoms with Crippen molar-refractivity contribution in [3.63, 3.8) is 0 Å². The Labute approximate surface area is 169 Å². The van der Waals surface area contributed by atoms with Crippen LogP contribution in [0.5, 0.6) is 0 Å². The zero-order valence-corrected chi connectivity index (χ0v) is 16.5. The van der Waals surface area contributed by atoms with E-state index in [-0.39, 0.29) is 24.5 Å². The van der Waals surface area contributed by atoms with Crippen molar-refractivity contribution >= 4 is 17.8 Å². The van der Waals surface area contributed by atoms with Crippen molar-refractivity contribution in [3.8, 4) is 0 Å². The summed E-state index contributed by atoms with van der Waals surface area (Å²) in [5.41, 5.74) is 0.309. The Morgan fingerprint density at radius 3 is 2.52 bits per heavy atom. The molecule has 2 aliphatic rings. The summed E-state index contributed by atoms with van der Waals surface area (Å²) in [6.07, 6.45) is 3.54. The first-order valence-corrected chi connectivity index (χ1v) is 9.83. The van der Waals surface area contributed by atoms with Crippen molar-refractivity contribution < 1.29 is 14.4 Å². The molecular weight excluding hydrogens is 368 g/mol. The SMILES string of the molecule is CC(c1ccccn1)N(C(=O)CN1C(=O)NC(C)(c2ccccc2)C1=O)C1CC1. The molecule has 0 radical (unpaired) electrons. The third kappa shape index (κ3) is 3.48. The first-order chi connectivity index (χ1) is 13.9. The molecule has 1 saturated carbocycles. The van der Waals surface area contributed by atoms with Crippen molar-refractivity contribution in [2.45, 2.75) is 44.3 Å². The number of rotatable bonds is 6. The van der Waals surface area contributed by atoms with Gasteiger partial charge in [-0.05, 0) is 44.4 Å².